The Balaban J connectivity index is 1.93. The minimum absolute atomic E-state index is 0.0563. The van der Waals surface area contributed by atoms with Gasteiger partial charge in [0.2, 0.25) is 5.91 Å². The lowest BCUT2D eigenvalue weighted by atomic mass is 10.1. The molecule has 1 saturated heterocycles. The average Bonchev–Trinajstić information content (AvgIpc) is 2.84. The van der Waals surface area contributed by atoms with Crippen LogP contribution in [0.1, 0.15) is 24.2 Å². The molecule has 3 N–H and O–H groups in total. The van der Waals surface area contributed by atoms with Crippen molar-refractivity contribution >= 4 is 38.9 Å². The summed E-state index contributed by atoms with van der Waals surface area (Å²) in [5.74, 6) is -0.385. The third kappa shape index (κ3) is 7.19. The predicted octanol–water partition coefficient (Wildman–Crippen LogP) is 1.88. The van der Waals surface area contributed by atoms with Crippen LogP contribution < -0.4 is 20.3 Å². The van der Waals surface area contributed by atoms with Gasteiger partial charge in [-0.05, 0) is 63.5 Å². The van der Waals surface area contributed by atoms with E-state index in [1.807, 2.05) is 32.0 Å². The van der Waals surface area contributed by atoms with Crippen molar-refractivity contribution in [2.24, 2.45) is 0 Å². The number of nitrogens with zero attached hydrogens (tertiary/aromatic N) is 3. The number of anilines is 3. The van der Waals surface area contributed by atoms with E-state index in [-0.39, 0.29) is 16.7 Å². The highest BCUT2D eigenvalue weighted by molar-refractivity contribution is 7.92. The molecule has 1 aliphatic heterocycles. The zero-order chi connectivity index (χ0) is 26.3. The van der Waals surface area contributed by atoms with E-state index in [9.17, 15) is 18.0 Å². The molecule has 1 fully saturated rings. The van der Waals surface area contributed by atoms with Crippen molar-refractivity contribution in [3.63, 3.8) is 0 Å². The Labute approximate surface area is 213 Å². The van der Waals surface area contributed by atoms with Crippen molar-refractivity contribution in [3.8, 4) is 0 Å². The normalized spacial score (nSPS) is 14.0. The molecular formula is C25H36N6O4S. The fourth-order valence-electron chi connectivity index (χ4n) is 3.96. The Hall–Kier alpha value is -3.15. The van der Waals surface area contributed by atoms with Gasteiger partial charge in [0, 0.05) is 64.0 Å². The van der Waals surface area contributed by atoms with E-state index in [2.05, 4.69) is 20.3 Å². The van der Waals surface area contributed by atoms with Gasteiger partial charge in [0.05, 0.1) is 16.3 Å². The van der Waals surface area contributed by atoms with Crippen molar-refractivity contribution in [3.05, 3.63) is 48.0 Å². The maximum Gasteiger partial charge on any atom is 0.261 e. The third-order valence-corrected chi connectivity index (χ3v) is 7.30. The number of rotatable bonds is 10. The van der Waals surface area contributed by atoms with E-state index in [0.29, 0.717) is 30.0 Å². The summed E-state index contributed by atoms with van der Waals surface area (Å²) >= 11 is 0. The molecule has 2 amide bonds. The van der Waals surface area contributed by atoms with Gasteiger partial charge in [-0.1, -0.05) is 0 Å². The summed E-state index contributed by atoms with van der Waals surface area (Å²) in [5, 5.41) is 5.92. The van der Waals surface area contributed by atoms with Gasteiger partial charge in [-0.25, -0.2) is 8.42 Å². The molecule has 2 aromatic rings. The van der Waals surface area contributed by atoms with Gasteiger partial charge in [-0.3, -0.25) is 14.3 Å². The highest BCUT2D eigenvalue weighted by atomic mass is 32.2. The number of amides is 2. The van der Waals surface area contributed by atoms with Crippen LogP contribution in [-0.4, -0.2) is 89.9 Å². The van der Waals surface area contributed by atoms with E-state index in [4.69, 9.17) is 0 Å². The van der Waals surface area contributed by atoms with Gasteiger partial charge in [0.1, 0.15) is 0 Å². The van der Waals surface area contributed by atoms with E-state index in [0.717, 1.165) is 38.4 Å². The fraction of sp³-hybridized carbons (Fsp3) is 0.440. The molecule has 1 aliphatic rings. The van der Waals surface area contributed by atoms with Crippen molar-refractivity contribution < 1.29 is 18.0 Å². The standard InChI is InChI=1S/C25H36N6O4S/c1-5-30(17-16-29(3)4)25(33)20-6-11-24(31-14-12-26-13-15-31)23(18-20)28-36(34,35)22-9-7-21(8-10-22)27-19(2)32/h6-11,18,26,28H,5,12-17H2,1-4H3,(H,27,32). The molecule has 10 nitrogen and oxygen atoms in total. The number of piperazine rings is 1. The van der Waals surface area contributed by atoms with Crippen LogP contribution in [0, 0.1) is 0 Å². The van der Waals surface area contributed by atoms with Crippen LogP contribution >= 0.6 is 0 Å². The number of sulfonamides is 1. The van der Waals surface area contributed by atoms with Crippen LogP contribution in [0.25, 0.3) is 0 Å². The Morgan fingerprint density at radius 3 is 2.28 bits per heavy atom. The van der Waals surface area contributed by atoms with Crippen molar-refractivity contribution in [1.29, 1.82) is 0 Å². The lowest BCUT2D eigenvalue weighted by Gasteiger charge is -2.31. The van der Waals surface area contributed by atoms with E-state index in [1.54, 1.807) is 17.0 Å². The minimum atomic E-state index is -3.95. The second-order valence-electron chi connectivity index (χ2n) is 8.97. The number of carbonyl (C=O) groups excluding carboxylic acids is 2. The van der Waals surface area contributed by atoms with Crippen molar-refractivity contribution in [2.45, 2.75) is 18.7 Å². The molecule has 11 heteroatoms. The molecule has 0 unspecified atom stereocenters. The maximum atomic E-state index is 13.3. The number of carbonyl (C=O) groups is 2. The number of likely N-dealkylation sites (N-methyl/N-ethyl adjacent to an activating group) is 2. The summed E-state index contributed by atoms with van der Waals surface area (Å²) in [5.41, 5.74) is 2.02. The monoisotopic (exact) mass is 516 g/mol. The van der Waals surface area contributed by atoms with Crippen LogP contribution in [0.2, 0.25) is 0 Å². The molecule has 0 aromatic heterocycles. The van der Waals surface area contributed by atoms with E-state index in [1.165, 1.54) is 31.2 Å². The van der Waals surface area contributed by atoms with Crippen LogP contribution in [0.15, 0.2) is 47.4 Å². The highest BCUT2D eigenvalue weighted by Crippen LogP contribution is 2.30. The first-order valence-corrected chi connectivity index (χ1v) is 13.5. The third-order valence-electron chi connectivity index (χ3n) is 5.92. The smallest absolute Gasteiger partial charge is 0.261 e. The Morgan fingerprint density at radius 1 is 1.03 bits per heavy atom. The summed E-state index contributed by atoms with van der Waals surface area (Å²) in [7, 11) is -0.0369. The summed E-state index contributed by atoms with van der Waals surface area (Å²) in [6.45, 7) is 8.17. The number of nitrogens with one attached hydrogen (secondary N) is 3. The van der Waals surface area contributed by atoms with Crippen molar-refractivity contribution in [1.82, 2.24) is 15.1 Å². The lowest BCUT2D eigenvalue weighted by Crippen LogP contribution is -2.44. The Kier molecular flexibility index (Phi) is 9.30. The molecule has 0 atom stereocenters. The van der Waals surface area contributed by atoms with Gasteiger partial charge in [0.15, 0.2) is 0 Å². The van der Waals surface area contributed by atoms with Gasteiger partial charge >= 0.3 is 0 Å². The number of hydrogen-bond acceptors (Lipinski definition) is 7. The zero-order valence-corrected chi connectivity index (χ0v) is 22.2. The SMILES string of the molecule is CCN(CCN(C)C)C(=O)c1ccc(N2CCNCC2)c(NS(=O)(=O)c2ccc(NC(C)=O)cc2)c1. The van der Waals surface area contributed by atoms with Gasteiger partial charge in [-0.15, -0.1) is 0 Å². The number of benzene rings is 2. The molecule has 0 saturated carbocycles. The van der Waals surface area contributed by atoms with Crippen molar-refractivity contribution in [2.75, 3.05) is 74.8 Å². The maximum absolute atomic E-state index is 13.3. The molecule has 0 radical (unpaired) electrons. The fourth-order valence-corrected chi connectivity index (χ4v) is 5.03. The minimum Gasteiger partial charge on any atom is -0.367 e. The van der Waals surface area contributed by atoms with Crippen LogP contribution in [-0.2, 0) is 14.8 Å². The summed E-state index contributed by atoms with van der Waals surface area (Å²) in [4.78, 5) is 30.5. The second kappa shape index (κ2) is 12.2. The molecule has 0 bridgehead atoms. The first-order valence-electron chi connectivity index (χ1n) is 12.0. The summed E-state index contributed by atoms with van der Waals surface area (Å²) < 4.78 is 29.3. The summed E-state index contributed by atoms with van der Waals surface area (Å²) in [6.07, 6.45) is 0. The molecule has 3 rings (SSSR count). The Morgan fingerprint density at radius 2 is 1.69 bits per heavy atom. The molecule has 2 aromatic carbocycles. The summed E-state index contributed by atoms with van der Waals surface area (Å²) in [6, 6.07) is 11.2. The first-order chi connectivity index (χ1) is 17.1. The molecule has 1 heterocycles. The van der Waals surface area contributed by atoms with Crippen LogP contribution in [0.5, 0.6) is 0 Å². The molecular weight excluding hydrogens is 480 g/mol. The first kappa shape index (κ1) is 27.4. The predicted molar refractivity (Wildman–Crippen MR) is 143 cm³/mol. The quantitative estimate of drug-likeness (QED) is 0.442. The number of hydrogen-bond donors (Lipinski definition) is 3. The highest BCUT2D eigenvalue weighted by Gasteiger charge is 2.23. The lowest BCUT2D eigenvalue weighted by molar-refractivity contribution is -0.114. The topological polar surface area (TPSA) is 114 Å². The van der Waals surface area contributed by atoms with Gasteiger partial charge < -0.3 is 25.3 Å². The zero-order valence-electron chi connectivity index (χ0n) is 21.4. The van der Waals surface area contributed by atoms with Gasteiger partial charge in [-0.2, -0.15) is 0 Å². The molecule has 0 spiro atoms. The molecule has 196 valence electrons. The van der Waals surface area contributed by atoms with E-state index < -0.39 is 10.0 Å². The molecule has 36 heavy (non-hydrogen) atoms. The largest absolute Gasteiger partial charge is 0.367 e. The molecule has 0 aliphatic carbocycles. The average molecular weight is 517 g/mol. The Bertz CT molecular complexity index is 1160. The van der Waals surface area contributed by atoms with Crippen LogP contribution in [0.4, 0.5) is 17.1 Å². The second-order valence-corrected chi connectivity index (χ2v) is 10.7. The van der Waals surface area contributed by atoms with E-state index >= 15 is 0 Å². The van der Waals surface area contributed by atoms with Gasteiger partial charge in [0.25, 0.3) is 15.9 Å². The van der Waals surface area contributed by atoms with Crippen LogP contribution in [0.3, 0.4) is 0 Å².